The molecule has 1 amide bonds. The minimum atomic E-state index is -1.22. The zero-order valence-electron chi connectivity index (χ0n) is 27.3. The van der Waals surface area contributed by atoms with Crippen molar-refractivity contribution in [3.63, 3.8) is 0 Å². The number of amides is 1. The van der Waals surface area contributed by atoms with E-state index in [4.69, 9.17) is 9.72 Å². The summed E-state index contributed by atoms with van der Waals surface area (Å²) in [6, 6.07) is 19.1. The molecule has 4 fully saturated rings. The van der Waals surface area contributed by atoms with E-state index in [-0.39, 0.29) is 42.7 Å². The SMILES string of the molecule is CC12CC[C@H]3[C@@H](CCC4(O)C[C@H](O)CCC34C=NNC(=O)c3cc(-c4ccccc4)nc4ccccc34)C1(O)CCC2C1=CC(=O)OC1. The zero-order valence-corrected chi connectivity index (χ0v) is 27.3. The number of hydrogen-bond donors (Lipinski definition) is 4. The maximum atomic E-state index is 13.8. The molecule has 48 heavy (non-hydrogen) atoms. The number of para-hydroxylation sites is 1. The third kappa shape index (κ3) is 4.61. The van der Waals surface area contributed by atoms with Crippen LogP contribution in [0.15, 0.2) is 77.4 Å². The first-order valence-corrected chi connectivity index (χ1v) is 17.4. The van der Waals surface area contributed by atoms with Crippen LogP contribution in [0.1, 0.15) is 75.1 Å². The second-order valence-corrected chi connectivity index (χ2v) is 15.2. The lowest BCUT2D eigenvalue weighted by Crippen LogP contribution is -2.68. The Morgan fingerprint density at radius 3 is 2.54 bits per heavy atom. The number of fused-ring (bicyclic) bond motifs is 6. The van der Waals surface area contributed by atoms with Crippen LogP contribution in [0.5, 0.6) is 0 Å². The molecule has 0 spiro atoms. The largest absolute Gasteiger partial charge is 0.458 e. The van der Waals surface area contributed by atoms with Gasteiger partial charge in [-0.1, -0.05) is 55.5 Å². The molecule has 2 aromatic carbocycles. The number of nitrogens with zero attached hydrogens (tertiary/aromatic N) is 2. The van der Waals surface area contributed by atoms with Crippen LogP contribution in [-0.2, 0) is 9.53 Å². The summed E-state index contributed by atoms with van der Waals surface area (Å²) in [6.45, 7) is 2.45. The molecule has 5 unspecified atom stereocenters. The Labute approximate surface area is 280 Å². The van der Waals surface area contributed by atoms with E-state index in [0.29, 0.717) is 54.3 Å². The number of pyridine rings is 1. The first-order valence-electron chi connectivity index (χ1n) is 17.4. The summed E-state index contributed by atoms with van der Waals surface area (Å²) >= 11 is 0. The number of aliphatic hydroxyl groups excluding tert-OH is 1. The minimum absolute atomic E-state index is 0.0590. The van der Waals surface area contributed by atoms with Crippen molar-refractivity contribution < 1.29 is 29.6 Å². The molecule has 8 rings (SSSR count). The Kier molecular flexibility index (Phi) is 7.40. The number of carbonyl (C=O) groups excluding carboxylic acids is 2. The van der Waals surface area contributed by atoms with Crippen molar-refractivity contribution in [2.45, 2.75) is 82.0 Å². The molecule has 3 aromatic rings. The van der Waals surface area contributed by atoms with E-state index in [9.17, 15) is 24.9 Å². The molecule has 1 aliphatic heterocycles. The summed E-state index contributed by atoms with van der Waals surface area (Å²) in [5.74, 6) is -0.822. The molecule has 4 aliphatic carbocycles. The van der Waals surface area contributed by atoms with E-state index in [0.717, 1.165) is 30.4 Å². The van der Waals surface area contributed by atoms with E-state index in [1.54, 1.807) is 18.4 Å². The number of benzene rings is 2. The summed E-state index contributed by atoms with van der Waals surface area (Å²) in [5.41, 5.74) is 3.04. The van der Waals surface area contributed by atoms with Crippen molar-refractivity contribution in [2.24, 2.45) is 33.7 Å². The van der Waals surface area contributed by atoms with Crippen LogP contribution < -0.4 is 5.43 Å². The maximum absolute atomic E-state index is 13.8. The number of aliphatic hydroxyl groups is 3. The van der Waals surface area contributed by atoms with Gasteiger partial charge in [0.05, 0.1) is 34.1 Å². The first kappa shape index (κ1) is 31.4. The maximum Gasteiger partial charge on any atom is 0.331 e. The lowest BCUT2D eigenvalue weighted by molar-refractivity contribution is -0.237. The van der Waals surface area contributed by atoms with Crippen LogP contribution in [0.2, 0.25) is 0 Å². The van der Waals surface area contributed by atoms with Crippen LogP contribution in [0, 0.1) is 28.6 Å². The smallest absolute Gasteiger partial charge is 0.331 e. The predicted octanol–water partition coefficient (Wildman–Crippen LogP) is 5.33. The molecule has 5 aliphatic rings. The van der Waals surface area contributed by atoms with Gasteiger partial charge in [0.2, 0.25) is 0 Å². The molecule has 9 heteroatoms. The van der Waals surface area contributed by atoms with Crippen LogP contribution in [0.25, 0.3) is 22.2 Å². The summed E-state index contributed by atoms with van der Waals surface area (Å²) in [4.78, 5) is 30.6. The molecule has 4 N–H and O–H groups in total. The van der Waals surface area contributed by atoms with Gasteiger partial charge in [-0.2, -0.15) is 5.10 Å². The highest BCUT2D eigenvalue weighted by atomic mass is 16.5. The highest BCUT2D eigenvalue weighted by molar-refractivity contribution is 6.07. The Bertz CT molecular complexity index is 1840. The summed E-state index contributed by atoms with van der Waals surface area (Å²) in [6.07, 6.45) is 7.93. The Hall–Kier alpha value is -3.92. The standard InChI is InChI=1S/C39H43N3O6/c1-36-15-12-30-31(39(36,47)18-14-29(36)25-19-34(44)48-22-25)13-17-38(46)21-26(43)11-16-37(30,38)23-40-42-35(45)28-20-33(24-7-3-2-4-8-24)41-32-10-6-5-9-27(28)32/h2-10,19-20,23,26,29-31,43,46-47H,11-18,21-22H2,1H3,(H,42,45)/t26-,29?,30+,31-,36?,37?,38?,39?/m1/s1. The van der Waals surface area contributed by atoms with Crippen molar-refractivity contribution in [3.05, 3.63) is 77.9 Å². The molecule has 0 radical (unpaired) electrons. The van der Waals surface area contributed by atoms with Crippen LogP contribution >= 0.6 is 0 Å². The Balaban J connectivity index is 1.12. The molecule has 0 bridgehead atoms. The van der Waals surface area contributed by atoms with Gasteiger partial charge in [-0.05, 0) is 86.8 Å². The molecule has 4 saturated carbocycles. The van der Waals surface area contributed by atoms with Crippen molar-refractivity contribution >= 4 is 29.0 Å². The molecular weight excluding hydrogens is 606 g/mol. The van der Waals surface area contributed by atoms with Gasteiger partial charge < -0.3 is 20.1 Å². The normalized spacial score (nSPS) is 37.4. The third-order valence-electron chi connectivity index (χ3n) is 13.1. The van der Waals surface area contributed by atoms with Gasteiger partial charge in [-0.25, -0.2) is 15.2 Å². The number of aromatic nitrogens is 1. The molecule has 2 heterocycles. The van der Waals surface area contributed by atoms with E-state index >= 15 is 0 Å². The van der Waals surface area contributed by atoms with Crippen LogP contribution in [0.3, 0.4) is 0 Å². The second kappa shape index (κ2) is 11.3. The molecule has 8 atom stereocenters. The lowest BCUT2D eigenvalue weighted by Gasteiger charge is -2.65. The van der Waals surface area contributed by atoms with Crippen molar-refractivity contribution in [1.29, 1.82) is 0 Å². The van der Waals surface area contributed by atoms with E-state index in [1.165, 1.54) is 0 Å². The zero-order chi connectivity index (χ0) is 33.3. The van der Waals surface area contributed by atoms with Gasteiger partial charge in [0.15, 0.2) is 0 Å². The number of ether oxygens (including phenoxy) is 1. The minimum Gasteiger partial charge on any atom is -0.458 e. The molecule has 0 saturated heterocycles. The van der Waals surface area contributed by atoms with Crippen LogP contribution in [-0.4, -0.2) is 62.3 Å². The fourth-order valence-corrected chi connectivity index (χ4v) is 10.7. The van der Waals surface area contributed by atoms with Crippen molar-refractivity contribution in [3.8, 4) is 11.3 Å². The monoisotopic (exact) mass is 649 g/mol. The molecule has 9 nitrogen and oxygen atoms in total. The van der Waals surface area contributed by atoms with Gasteiger partial charge in [0.25, 0.3) is 5.91 Å². The second-order valence-electron chi connectivity index (χ2n) is 15.2. The van der Waals surface area contributed by atoms with Gasteiger partial charge in [0, 0.05) is 40.5 Å². The number of rotatable bonds is 5. The van der Waals surface area contributed by atoms with Gasteiger partial charge >= 0.3 is 5.97 Å². The van der Waals surface area contributed by atoms with Crippen molar-refractivity contribution in [1.82, 2.24) is 10.4 Å². The highest BCUT2D eigenvalue weighted by Gasteiger charge is 2.71. The van der Waals surface area contributed by atoms with E-state index in [2.05, 4.69) is 17.5 Å². The highest BCUT2D eigenvalue weighted by Crippen LogP contribution is 2.70. The third-order valence-corrected chi connectivity index (χ3v) is 13.1. The first-order chi connectivity index (χ1) is 23.1. The number of nitrogens with one attached hydrogen (secondary N) is 1. The van der Waals surface area contributed by atoms with Crippen molar-refractivity contribution in [2.75, 3.05) is 6.61 Å². The fraction of sp³-hybridized carbons (Fsp3) is 0.487. The number of esters is 1. The number of carbonyl (C=O) groups is 2. The summed E-state index contributed by atoms with van der Waals surface area (Å²) in [5, 5.41) is 41.1. The van der Waals surface area contributed by atoms with Gasteiger partial charge in [0.1, 0.15) is 6.61 Å². The number of cyclic esters (lactones) is 1. The summed E-state index contributed by atoms with van der Waals surface area (Å²) < 4.78 is 5.28. The number of hydrogen-bond acceptors (Lipinski definition) is 8. The van der Waals surface area contributed by atoms with Gasteiger partial charge in [-0.3, -0.25) is 4.79 Å². The van der Waals surface area contributed by atoms with Crippen LogP contribution in [0.4, 0.5) is 0 Å². The lowest BCUT2D eigenvalue weighted by atomic mass is 9.41. The molecule has 250 valence electrons. The molecular formula is C39H43N3O6. The van der Waals surface area contributed by atoms with Gasteiger partial charge in [-0.15, -0.1) is 0 Å². The van der Waals surface area contributed by atoms with E-state index in [1.807, 2.05) is 54.6 Å². The Morgan fingerprint density at radius 1 is 0.979 bits per heavy atom. The number of hydrazone groups is 1. The van der Waals surface area contributed by atoms with E-state index < -0.39 is 28.1 Å². The predicted molar refractivity (Wildman–Crippen MR) is 181 cm³/mol. The topological polar surface area (TPSA) is 141 Å². The Morgan fingerprint density at radius 2 is 1.75 bits per heavy atom. The average Bonchev–Trinajstić information content (AvgIpc) is 3.63. The summed E-state index contributed by atoms with van der Waals surface area (Å²) in [7, 11) is 0. The average molecular weight is 650 g/mol. The quantitative estimate of drug-likeness (QED) is 0.166. The fourth-order valence-electron chi connectivity index (χ4n) is 10.7. The molecule has 1 aromatic heterocycles.